The molecule has 0 saturated heterocycles. The van der Waals surface area contributed by atoms with E-state index >= 15 is 0 Å². The standard InChI is InChI=1S/C8H13IN2/c1-7(2)5-8(3-4-10)11-6-9/h3-4,6-7,10H,5H2,1-2H3/b8-3-,10-4?,11-6?. The van der Waals surface area contributed by atoms with Crippen LogP contribution in [0.25, 0.3) is 0 Å². The molecule has 0 aromatic heterocycles. The van der Waals surface area contributed by atoms with Crippen molar-refractivity contribution in [3.8, 4) is 0 Å². The maximum Gasteiger partial charge on any atom is 0.0654 e. The minimum absolute atomic E-state index is 0.598. The van der Waals surface area contributed by atoms with Crippen LogP contribution in [0.4, 0.5) is 0 Å². The van der Waals surface area contributed by atoms with Gasteiger partial charge in [-0.2, -0.15) is 0 Å². The van der Waals surface area contributed by atoms with Crippen LogP contribution in [0, 0.1) is 11.3 Å². The maximum atomic E-state index is 6.88. The van der Waals surface area contributed by atoms with Crippen LogP contribution >= 0.6 is 22.6 Å². The van der Waals surface area contributed by atoms with Crippen molar-refractivity contribution in [3.63, 3.8) is 0 Å². The van der Waals surface area contributed by atoms with Crippen LogP contribution in [-0.4, -0.2) is 10.4 Å². The average Bonchev–Trinajstić information content (AvgIpc) is 1.87. The summed E-state index contributed by atoms with van der Waals surface area (Å²) in [4.78, 5) is 4.13. The van der Waals surface area contributed by atoms with Crippen molar-refractivity contribution in [2.45, 2.75) is 20.3 Å². The lowest BCUT2D eigenvalue weighted by Crippen LogP contribution is -1.89. The Kier molecular flexibility index (Phi) is 6.40. The van der Waals surface area contributed by atoms with Crippen LogP contribution in [0.2, 0.25) is 0 Å². The van der Waals surface area contributed by atoms with Crippen LogP contribution in [0.15, 0.2) is 16.8 Å². The van der Waals surface area contributed by atoms with E-state index < -0.39 is 0 Å². The lowest BCUT2D eigenvalue weighted by atomic mass is 10.1. The molecule has 0 spiro atoms. The molecule has 1 N–H and O–H groups in total. The monoisotopic (exact) mass is 264 g/mol. The lowest BCUT2D eigenvalue weighted by Gasteiger charge is -2.02. The number of allylic oxidation sites excluding steroid dienone is 2. The summed E-state index contributed by atoms with van der Waals surface area (Å²) in [6.07, 6.45) is 3.95. The summed E-state index contributed by atoms with van der Waals surface area (Å²) in [5, 5.41) is 6.88. The molecule has 0 unspecified atom stereocenters. The minimum atomic E-state index is 0.598. The molecule has 0 aromatic carbocycles. The number of nitrogens with zero attached hydrogens (tertiary/aromatic N) is 1. The van der Waals surface area contributed by atoms with Crippen molar-refractivity contribution >= 4 is 33.0 Å². The number of nitrogens with one attached hydrogen (secondary N) is 1. The van der Waals surface area contributed by atoms with E-state index in [9.17, 15) is 0 Å². The quantitative estimate of drug-likeness (QED) is 0.598. The molecular weight excluding hydrogens is 251 g/mol. The topological polar surface area (TPSA) is 36.2 Å². The number of rotatable bonds is 4. The molecule has 0 saturated carbocycles. The lowest BCUT2D eigenvalue weighted by molar-refractivity contribution is 0.640. The van der Waals surface area contributed by atoms with Crippen molar-refractivity contribution in [2.75, 3.05) is 0 Å². The van der Waals surface area contributed by atoms with Gasteiger partial charge in [-0.3, -0.25) is 4.99 Å². The largest absolute Gasteiger partial charge is 0.309 e. The SMILES string of the molecule is CC(C)C/C(=C/C=N)N=CI. The van der Waals surface area contributed by atoms with Crippen LogP contribution in [0.5, 0.6) is 0 Å². The summed E-state index contributed by atoms with van der Waals surface area (Å²) in [6.45, 7) is 4.28. The summed E-state index contributed by atoms with van der Waals surface area (Å²) in [5.74, 6) is 0.598. The fraction of sp³-hybridized carbons (Fsp3) is 0.500. The van der Waals surface area contributed by atoms with E-state index in [1.54, 1.807) is 10.3 Å². The molecule has 0 aliphatic carbocycles. The Balaban J connectivity index is 4.11. The van der Waals surface area contributed by atoms with Gasteiger partial charge in [-0.25, -0.2) is 0 Å². The third-order valence-corrected chi connectivity index (χ3v) is 1.39. The molecule has 0 aliphatic heterocycles. The molecule has 0 heterocycles. The van der Waals surface area contributed by atoms with Crippen LogP contribution in [0.1, 0.15) is 20.3 Å². The third kappa shape index (κ3) is 6.22. The molecule has 62 valence electrons. The van der Waals surface area contributed by atoms with Gasteiger partial charge >= 0.3 is 0 Å². The Morgan fingerprint density at radius 1 is 1.64 bits per heavy atom. The summed E-state index contributed by atoms with van der Waals surface area (Å²) < 4.78 is 1.73. The molecule has 2 nitrogen and oxygen atoms in total. The summed E-state index contributed by atoms with van der Waals surface area (Å²) >= 11 is 2.08. The highest BCUT2D eigenvalue weighted by Gasteiger charge is 1.96. The molecule has 0 amide bonds. The number of halogens is 1. The predicted molar refractivity (Wildman–Crippen MR) is 58.8 cm³/mol. The highest BCUT2D eigenvalue weighted by Crippen LogP contribution is 2.10. The predicted octanol–water partition coefficient (Wildman–Crippen LogP) is 3.03. The molecule has 0 aliphatic rings. The van der Waals surface area contributed by atoms with Gasteiger partial charge in [0, 0.05) is 11.9 Å². The van der Waals surface area contributed by atoms with Crippen molar-refractivity contribution < 1.29 is 0 Å². The zero-order valence-electron chi connectivity index (χ0n) is 6.84. The number of aliphatic imine (C=N–C) groups is 1. The molecule has 0 bridgehead atoms. The molecule has 0 radical (unpaired) electrons. The van der Waals surface area contributed by atoms with Gasteiger partial charge in [-0.05, 0) is 41.0 Å². The fourth-order valence-electron chi connectivity index (χ4n) is 0.741. The summed E-state index contributed by atoms with van der Waals surface area (Å²) in [6, 6.07) is 0. The first kappa shape index (κ1) is 10.8. The van der Waals surface area contributed by atoms with Gasteiger partial charge in [0.05, 0.1) is 4.22 Å². The average molecular weight is 264 g/mol. The van der Waals surface area contributed by atoms with E-state index in [0.717, 1.165) is 12.1 Å². The minimum Gasteiger partial charge on any atom is -0.309 e. The molecule has 0 atom stereocenters. The molecule has 0 rings (SSSR count). The maximum absolute atomic E-state index is 6.88. The highest BCUT2D eigenvalue weighted by atomic mass is 127. The Bertz CT molecular complexity index is 171. The smallest absolute Gasteiger partial charge is 0.0654 e. The van der Waals surface area contributed by atoms with Gasteiger partial charge < -0.3 is 5.41 Å². The highest BCUT2D eigenvalue weighted by molar-refractivity contribution is 14.1. The van der Waals surface area contributed by atoms with Crippen molar-refractivity contribution in [1.82, 2.24) is 0 Å². The molecule has 0 aromatic rings. The van der Waals surface area contributed by atoms with Gasteiger partial charge in [0.15, 0.2) is 0 Å². The van der Waals surface area contributed by atoms with Gasteiger partial charge in [0.1, 0.15) is 0 Å². The van der Waals surface area contributed by atoms with E-state index in [0.29, 0.717) is 5.92 Å². The molecule has 0 fully saturated rings. The van der Waals surface area contributed by atoms with E-state index in [4.69, 9.17) is 5.41 Å². The van der Waals surface area contributed by atoms with Gasteiger partial charge in [-0.15, -0.1) is 0 Å². The van der Waals surface area contributed by atoms with Crippen molar-refractivity contribution in [3.05, 3.63) is 11.8 Å². The van der Waals surface area contributed by atoms with E-state index in [1.165, 1.54) is 6.21 Å². The summed E-state index contributed by atoms with van der Waals surface area (Å²) in [7, 11) is 0. The second kappa shape index (κ2) is 6.52. The first-order valence-electron chi connectivity index (χ1n) is 3.53. The summed E-state index contributed by atoms with van der Waals surface area (Å²) in [5.41, 5.74) is 0.976. The van der Waals surface area contributed by atoms with E-state index in [-0.39, 0.29) is 0 Å². The molecular formula is C8H13IN2. The Hall–Kier alpha value is -0.190. The van der Waals surface area contributed by atoms with E-state index in [2.05, 4.69) is 41.4 Å². The van der Waals surface area contributed by atoms with Crippen molar-refractivity contribution in [1.29, 1.82) is 5.41 Å². The van der Waals surface area contributed by atoms with Gasteiger partial charge in [0.2, 0.25) is 0 Å². The second-order valence-corrected chi connectivity index (χ2v) is 3.21. The molecule has 3 heteroatoms. The van der Waals surface area contributed by atoms with Crippen LogP contribution in [-0.2, 0) is 0 Å². The van der Waals surface area contributed by atoms with E-state index in [1.807, 2.05) is 0 Å². The zero-order chi connectivity index (χ0) is 8.69. The van der Waals surface area contributed by atoms with Crippen LogP contribution in [0.3, 0.4) is 0 Å². The number of hydrogen-bond acceptors (Lipinski definition) is 2. The second-order valence-electron chi connectivity index (χ2n) is 2.65. The Morgan fingerprint density at radius 3 is 2.64 bits per heavy atom. The van der Waals surface area contributed by atoms with Crippen LogP contribution < -0.4 is 0 Å². The van der Waals surface area contributed by atoms with Gasteiger partial charge in [0.25, 0.3) is 0 Å². The fourth-order valence-corrected chi connectivity index (χ4v) is 1.10. The number of hydrogen-bond donors (Lipinski definition) is 1. The third-order valence-electron chi connectivity index (χ3n) is 1.11. The first-order valence-corrected chi connectivity index (χ1v) is 4.77. The molecule has 11 heavy (non-hydrogen) atoms. The van der Waals surface area contributed by atoms with Crippen molar-refractivity contribution in [2.24, 2.45) is 10.9 Å². The zero-order valence-corrected chi connectivity index (χ0v) is 9.00. The first-order chi connectivity index (χ1) is 5.20. The Morgan fingerprint density at radius 2 is 2.27 bits per heavy atom. The normalized spacial score (nSPS) is 12.9. The Labute approximate surface area is 81.4 Å². The van der Waals surface area contributed by atoms with Gasteiger partial charge in [-0.1, -0.05) is 13.8 Å².